The van der Waals surface area contributed by atoms with Crippen molar-refractivity contribution in [1.82, 2.24) is 9.78 Å². The second kappa shape index (κ2) is 12.7. The van der Waals surface area contributed by atoms with E-state index in [1.165, 1.54) is 71.1 Å². The van der Waals surface area contributed by atoms with Crippen molar-refractivity contribution in [1.29, 1.82) is 0 Å². The van der Waals surface area contributed by atoms with E-state index in [9.17, 15) is 0 Å². The van der Waals surface area contributed by atoms with Crippen molar-refractivity contribution in [2.75, 3.05) is 0 Å². The molecule has 0 N–H and O–H groups in total. The Morgan fingerprint density at radius 1 is 0.327 bits per heavy atom. The molecule has 1 heterocycles. The lowest BCUT2D eigenvalue weighted by Crippen LogP contribution is -1.97. The van der Waals surface area contributed by atoms with E-state index < -0.39 is 0 Å². The van der Waals surface area contributed by atoms with E-state index in [1.54, 1.807) is 0 Å². The molecule has 0 radical (unpaired) electrons. The SMILES string of the molecule is c1ccc(-c2cc3ccc(-c4c5ccccc5c(-c5ccc6ccccc6c5)c5ccccc45)cc3c3c2c(-c2ccccc2)nn3-c2ccccc2)cc1. The minimum atomic E-state index is 0.973. The van der Waals surface area contributed by atoms with Crippen molar-refractivity contribution in [2.45, 2.75) is 0 Å². The van der Waals surface area contributed by atoms with Crippen LogP contribution in [0.1, 0.15) is 0 Å². The summed E-state index contributed by atoms with van der Waals surface area (Å²) in [5, 5.41) is 16.4. The smallest absolute Gasteiger partial charge is 0.101 e. The first-order chi connectivity index (χ1) is 27.3. The number of aromatic nitrogens is 2. The second-order valence-corrected chi connectivity index (χ2v) is 14.3. The van der Waals surface area contributed by atoms with Gasteiger partial charge in [0, 0.05) is 16.3 Å². The highest BCUT2D eigenvalue weighted by atomic mass is 15.3. The van der Waals surface area contributed by atoms with Gasteiger partial charge in [0.1, 0.15) is 5.69 Å². The molecule has 0 amide bonds. The number of para-hydroxylation sites is 1. The Kier molecular flexibility index (Phi) is 7.21. The Balaban J connectivity index is 1.25. The zero-order valence-corrected chi connectivity index (χ0v) is 30.0. The molecular weight excluding hydrogens is 665 g/mol. The summed E-state index contributed by atoms with van der Waals surface area (Å²) in [5.74, 6) is 0. The van der Waals surface area contributed by atoms with Crippen molar-refractivity contribution in [3.8, 4) is 50.3 Å². The zero-order chi connectivity index (χ0) is 36.3. The molecule has 0 spiro atoms. The fourth-order valence-electron chi connectivity index (χ4n) is 8.69. The van der Waals surface area contributed by atoms with Crippen LogP contribution in [-0.2, 0) is 0 Å². The van der Waals surface area contributed by atoms with Crippen LogP contribution in [0.5, 0.6) is 0 Å². The van der Waals surface area contributed by atoms with E-state index >= 15 is 0 Å². The first-order valence-corrected chi connectivity index (χ1v) is 18.9. The van der Waals surface area contributed by atoms with Gasteiger partial charge in [-0.25, -0.2) is 4.68 Å². The molecule has 0 saturated carbocycles. The van der Waals surface area contributed by atoms with E-state index in [4.69, 9.17) is 5.10 Å². The Morgan fingerprint density at radius 2 is 0.818 bits per heavy atom. The minimum Gasteiger partial charge on any atom is -0.232 e. The summed E-state index contributed by atoms with van der Waals surface area (Å²) in [5.41, 5.74) is 11.5. The third kappa shape index (κ3) is 5.07. The zero-order valence-electron chi connectivity index (χ0n) is 30.0. The van der Waals surface area contributed by atoms with E-state index in [2.05, 4.69) is 211 Å². The van der Waals surface area contributed by atoms with Crippen molar-refractivity contribution in [3.63, 3.8) is 0 Å². The van der Waals surface area contributed by atoms with E-state index in [0.717, 1.165) is 33.2 Å². The van der Waals surface area contributed by atoms with Gasteiger partial charge in [0.05, 0.1) is 11.2 Å². The average Bonchev–Trinajstić information content (AvgIpc) is 3.67. The molecule has 55 heavy (non-hydrogen) atoms. The Morgan fingerprint density at radius 3 is 1.44 bits per heavy atom. The molecule has 256 valence electrons. The van der Waals surface area contributed by atoms with Gasteiger partial charge in [0.15, 0.2) is 0 Å². The number of nitrogens with zero attached hydrogens (tertiary/aromatic N) is 2. The molecule has 0 bridgehead atoms. The number of hydrogen-bond acceptors (Lipinski definition) is 1. The molecule has 1 aromatic heterocycles. The van der Waals surface area contributed by atoms with Crippen LogP contribution in [0.15, 0.2) is 206 Å². The molecule has 11 rings (SSSR count). The number of rotatable bonds is 5. The van der Waals surface area contributed by atoms with E-state index in [-0.39, 0.29) is 0 Å². The van der Waals surface area contributed by atoms with Crippen molar-refractivity contribution >= 4 is 54.0 Å². The van der Waals surface area contributed by atoms with Crippen LogP contribution < -0.4 is 0 Å². The van der Waals surface area contributed by atoms with E-state index in [0.29, 0.717) is 0 Å². The molecular formula is C53H34N2. The maximum atomic E-state index is 5.45. The molecule has 2 heteroatoms. The van der Waals surface area contributed by atoms with Crippen LogP contribution in [0.4, 0.5) is 0 Å². The summed E-state index contributed by atoms with van der Waals surface area (Å²) in [6.07, 6.45) is 0. The highest BCUT2D eigenvalue weighted by Gasteiger charge is 2.23. The summed E-state index contributed by atoms with van der Waals surface area (Å²) < 4.78 is 2.16. The fourth-order valence-corrected chi connectivity index (χ4v) is 8.69. The molecule has 0 unspecified atom stereocenters. The topological polar surface area (TPSA) is 17.8 Å². The Hall–Kier alpha value is -7.29. The number of benzene rings is 10. The predicted octanol–water partition coefficient (Wildman–Crippen LogP) is 14.3. The Labute approximate surface area is 319 Å². The first kappa shape index (κ1) is 31.3. The standard InChI is InChI=1S/C53H34N2/c1-4-17-36(18-5-1)47-33-39-29-31-41(34-48(39)53-51(47)52(37-19-6-2-7-20-37)54-55(53)42-22-8-3-9-23-42)50-45-26-14-12-24-43(45)49(44-25-13-15-27-46(44)50)40-30-28-35-16-10-11-21-38(35)32-40/h1-34H. The van der Waals surface area contributed by atoms with Crippen LogP contribution in [-0.4, -0.2) is 9.78 Å². The molecule has 2 nitrogen and oxygen atoms in total. The summed E-state index contributed by atoms with van der Waals surface area (Å²) in [7, 11) is 0. The van der Waals surface area contributed by atoms with Crippen molar-refractivity contribution in [3.05, 3.63) is 206 Å². The average molecular weight is 699 g/mol. The normalized spacial score (nSPS) is 11.6. The number of hydrogen-bond donors (Lipinski definition) is 0. The molecule has 0 aliphatic heterocycles. The summed E-state index contributed by atoms with van der Waals surface area (Å²) in [6.45, 7) is 0. The molecule has 10 aromatic carbocycles. The van der Waals surface area contributed by atoms with Gasteiger partial charge >= 0.3 is 0 Å². The highest BCUT2D eigenvalue weighted by Crippen LogP contribution is 2.47. The van der Waals surface area contributed by atoms with Crippen molar-refractivity contribution in [2.24, 2.45) is 0 Å². The van der Waals surface area contributed by atoms with Gasteiger partial charge in [-0.3, -0.25) is 0 Å². The second-order valence-electron chi connectivity index (χ2n) is 14.3. The lowest BCUT2D eigenvalue weighted by molar-refractivity contribution is 0.918. The molecule has 11 aromatic rings. The van der Waals surface area contributed by atoms with Gasteiger partial charge in [-0.2, -0.15) is 5.10 Å². The maximum Gasteiger partial charge on any atom is 0.101 e. The molecule has 0 saturated heterocycles. The van der Waals surface area contributed by atoms with Gasteiger partial charge in [0.2, 0.25) is 0 Å². The summed E-state index contributed by atoms with van der Waals surface area (Å²) >= 11 is 0. The predicted molar refractivity (Wildman–Crippen MR) is 233 cm³/mol. The monoisotopic (exact) mass is 698 g/mol. The van der Waals surface area contributed by atoms with Gasteiger partial charge < -0.3 is 0 Å². The number of fused-ring (bicyclic) bond motifs is 6. The molecule has 0 atom stereocenters. The van der Waals surface area contributed by atoms with E-state index in [1.807, 2.05) is 0 Å². The van der Waals surface area contributed by atoms with Gasteiger partial charge in [-0.05, 0) is 101 Å². The third-order valence-corrected chi connectivity index (χ3v) is 11.2. The largest absolute Gasteiger partial charge is 0.232 e. The van der Waals surface area contributed by atoms with Crippen LogP contribution in [0.25, 0.3) is 104 Å². The lowest BCUT2D eigenvalue weighted by Gasteiger charge is -2.19. The summed E-state index contributed by atoms with van der Waals surface area (Å²) in [6, 6.07) is 74.6. The third-order valence-electron chi connectivity index (χ3n) is 11.2. The van der Waals surface area contributed by atoms with Crippen LogP contribution in [0.3, 0.4) is 0 Å². The highest BCUT2D eigenvalue weighted by molar-refractivity contribution is 6.23. The maximum absolute atomic E-state index is 5.45. The van der Waals surface area contributed by atoms with Crippen LogP contribution >= 0.6 is 0 Å². The van der Waals surface area contributed by atoms with Crippen LogP contribution in [0, 0.1) is 0 Å². The van der Waals surface area contributed by atoms with Crippen molar-refractivity contribution < 1.29 is 0 Å². The van der Waals surface area contributed by atoms with Gasteiger partial charge in [-0.15, -0.1) is 0 Å². The first-order valence-electron chi connectivity index (χ1n) is 18.9. The summed E-state index contributed by atoms with van der Waals surface area (Å²) in [4.78, 5) is 0. The lowest BCUT2D eigenvalue weighted by atomic mass is 9.85. The quantitative estimate of drug-likeness (QED) is 0.164. The molecule has 0 aliphatic carbocycles. The fraction of sp³-hybridized carbons (Fsp3) is 0. The molecule has 0 aliphatic rings. The van der Waals surface area contributed by atoms with Gasteiger partial charge in [0.25, 0.3) is 0 Å². The minimum absolute atomic E-state index is 0.973. The van der Waals surface area contributed by atoms with Crippen LogP contribution in [0.2, 0.25) is 0 Å². The Bertz CT molecular complexity index is 3180. The van der Waals surface area contributed by atoms with Gasteiger partial charge in [-0.1, -0.05) is 176 Å². The molecule has 0 fully saturated rings.